The van der Waals surface area contributed by atoms with Crippen LogP contribution in [0.25, 0.3) is 11.1 Å². The lowest BCUT2D eigenvalue weighted by atomic mass is 10.0. The second-order valence-electron chi connectivity index (χ2n) is 5.37. The molecule has 1 N–H and O–H groups in total. The van der Waals surface area contributed by atoms with Gasteiger partial charge in [0.1, 0.15) is 5.75 Å². The van der Waals surface area contributed by atoms with Crippen molar-refractivity contribution < 1.29 is 9.90 Å². The maximum absolute atomic E-state index is 11.5. The van der Waals surface area contributed by atoms with Crippen molar-refractivity contribution >= 4 is 46.4 Å². The zero-order valence-electron chi connectivity index (χ0n) is 13.1. The van der Waals surface area contributed by atoms with Gasteiger partial charge < -0.3 is 10.0 Å². The summed E-state index contributed by atoms with van der Waals surface area (Å²) in [6.45, 7) is 4.18. The highest BCUT2D eigenvalue weighted by Crippen LogP contribution is 2.54. The van der Waals surface area contributed by atoms with Gasteiger partial charge in [0.25, 0.3) is 0 Å². The Kier molecular flexibility index (Phi) is 4.81. The highest BCUT2D eigenvalue weighted by atomic mass is 35.5. The molecule has 0 bridgehead atoms. The topological polar surface area (TPSA) is 40.5 Å². The number of rotatable bonds is 3. The number of benzene rings is 2. The van der Waals surface area contributed by atoms with E-state index < -0.39 is 0 Å². The van der Waals surface area contributed by atoms with Gasteiger partial charge in [-0.05, 0) is 44.2 Å². The smallest absolute Gasteiger partial charge is 0.155 e. The normalized spacial score (nSPS) is 15.0. The molecule has 0 atom stereocenters. The number of hydrogen-bond acceptors (Lipinski definition) is 4. The predicted octanol–water partition coefficient (Wildman–Crippen LogP) is 5.73. The zero-order chi connectivity index (χ0) is 17.4. The van der Waals surface area contributed by atoms with Crippen LogP contribution >= 0.6 is 35.0 Å². The highest BCUT2D eigenvalue weighted by Gasteiger charge is 2.30. The molecule has 1 heterocycles. The Bertz CT molecular complexity index is 864. The number of carbonyl (C=O) groups is 1. The zero-order valence-corrected chi connectivity index (χ0v) is 15.5. The number of phenols is 1. The lowest BCUT2D eigenvalue weighted by Gasteiger charge is -2.22. The number of fused-ring (bicyclic) bond motifs is 1. The molecule has 1 aliphatic heterocycles. The molecule has 3 rings (SSSR count). The Balaban J connectivity index is 2.27. The number of carbonyl (C=O) groups excluding carboxylic acids is 1. The third-order valence-electron chi connectivity index (χ3n) is 3.71. The predicted molar refractivity (Wildman–Crippen MR) is 101 cm³/mol. The minimum atomic E-state index is -0.0182. The van der Waals surface area contributed by atoms with Gasteiger partial charge in [0.2, 0.25) is 0 Å². The van der Waals surface area contributed by atoms with E-state index in [2.05, 4.69) is 0 Å². The molecule has 0 radical (unpaired) electrons. The van der Waals surface area contributed by atoms with E-state index in [-0.39, 0.29) is 11.5 Å². The van der Waals surface area contributed by atoms with Gasteiger partial charge in [0, 0.05) is 38.7 Å². The van der Waals surface area contributed by atoms with Crippen LogP contribution in [0.3, 0.4) is 0 Å². The van der Waals surface area contributed by atoms with Gasteiger partial charge in [-0.25, -0.2) is 0 Å². The lowest BCUT2D eigenvalue weighted by Crippen LogP contribution is -2.18. The van der Waals surface area contributed by atoms with Crippen LogP contribution in [0.5, 0.6) is 5.75 Å². The summed E-state index contributed by atoms with van der Waals surface area (Å²) in [6, 6.07) is 8.65. The molecule has 1 aliphatic rings. The van der Waals surface area contributed by atoms with Gasteiger partial charge in [-0.15, -0.1) is 0 Å². The van der Waals surface area contributed by atoms with Crippen LogP contribution in [-0.4, -0.2) is 17.4 Å². The maximum atomic E-state index is 11.5. The molecular weight excluding hydrogens is 365 g/mol. The molecule has 0 fully saturated rings. The minimum absolute atomic E-state index is 0.0182. The molecule has 6 heteroatoms. The first-order valence-electron chi connectivity index (χ1n) is 7.41. The van der Waals surface area contributed by atoms with Crippen molar-refractivity contribution in [3.8, 4) is 16.9 Å². The molecule has 3 nitrogen and oxygen atoms in total. The Morgan fingerprint density at radius 3 is 2.71 bits per heavy atom. The molecule has 0 amide bonds. The number of ketones is 1. The molecule has 2 aromatic carbocycles. The summed E-state index contributed by atoms with van der Waals surface area (Å²) >= 11 is 14.0. The minimum Gasteiger partial charge on any atom is -0.507 e. The fourth-order valence-electron chi connectivity index (χ4n) is 2.74. The van der Waals surface area contributed by atoms with Gasteiger partial charge in [0.05, 0.1) is 10.7 Å². The number of hydrogen-bond donors (Lipinski definition) is 1. The van der Waals surface area contributed by atoms with E-state index in [9.17, 15) is 9.90 Å². The van der Waals surface area contributed by atoms with Crippen LogP contribution in [0.1, 0.15) is 13.8 Å². The lowest BCUT2D eigenvalue weighted by molar-refractivity contribution is -0.112. The van der Waals surface area contributed by atoms with Gasteiger partial charge in [0.15, 0.2) is 5.78 Å². The first kappa shape index (κ1) is 17.2. The number of phenolic OH excluding ortho intramolecular Hbond substituents is 1. The van der Waals surface area contributed by atoms with Crippen LogP contribution in [-0.2, 0) is 4.79 Å². The third-order valence-corrected chi connectivity index (χ3v) is 5.37. The van der Waals surface area contributed by atoms with Gasteiger partial charge in [-0.1, -0.05) is 35.0 Å². The second kappa shape index (κ2) is 6.71. The molecule has 0 spiro atoms. The first-order valence-corrected chi connectivity index (χ1v) is 8.98. The average Bonchev–Trinajstić information content (AvgIpc) is 2.86. The van der Waals surface area contributed by atoms with Crippen molar-refractivity contribution in [1.29, 1.82) is 0 Å². The monoisotopic (exact) mass is 379 g/mol. The number of halogens is 2. The van der Waals surface area contributed by atoms with Crippen molar-refractivity contribution in [3.63, 3.8) is 0 Å². The first-order chi connectivity index (χ1) is 11.4. The van der Waals surface area contributed by atoms with E-state index in [0.29, 0.717) is 27.7 Å². The summed E-state index contributed by atoms with van der Waals surface area (Å²) in [5.74, 6) is 0.108. The molecule has 0 aromatic heterocycles. The molecule has 0 unspecified atom stereocenters. The molecule has 0 aliphatic carbocycles. The van der Waals surface area contributed by atoms with E-state index in [1.165, 1.54) is 18.7 Å². The summed E-state index contributed by atoms with van der Waals surface area (Å²) in [4.78, 5) is 14.5. The SMILES string of the molecule is CCN1/C(=C/C(C)=O)Sc2ccc(O)c(-c3cc(Cl)ccc3Cl)c21. The standard InChI is InChI=1S/C18H15Cl2NO2S/c1-3-21-16(8-10(2)22)24-15-7-6-14(23)17(18(15)21)12-9-11(19)4-5-13(12)20/h4-9,23H,3H2,1-2H3/b16-8-. The van der Waals surface area contributed by atoms with Crippen molar-refractivity contribution in [1.82, 2.24) is 0 Å². The Morgan fingerprint density at radius 1 is 1.29 bits per heavy atom. The van der Waals surface area contributed by atoms with E-state index in [4.69, 9.17) is 23.2 Å². The average molecular weight is 380 g/mol. The number of thioether (sulfide) groups is 1. The van der Waals surface area contributed by atoms with E-state index in [1.54, 1.807) is 30.3 Å². The number of anilines is 1. The van der Waals surface area contributed by atoms with Crippen molar-refractivity contribution in [2.24, 2.45) is 0 Å². The molecule has 0 saturated heterocycles. The van der Waals surface area contributed by atoms with Crippen molar-refractivity contribution in [2.45, 2.75) is 18.7 Å². The third kappa shape index (κ3) is 3.02. The van der Waals surface area contributed by atoms with Crippen LogP contribution in [0.15, 0.2) is 46.3 Å². The molecule has 0 saturated carbocycles. The van der Waals surface area contributed by atoms with Gasteiger partial charge >= 0.3 is 0 Å². The number of aromatic hydroxyl groups is 1. The number of nitrogens with zero attached hydrogens (tertiary/aromatic N) is 1. The Hall–Kier alpha value is -1.62. The summed E-state index contributed by atoms with van der Waals surface area (Å²) in [5.41, 5.74) is 2.14. The summed E-state index contributed by atoms with van der Waals surface area (Å²) in [5, 5.41) is 12.4. The molecule has 124 valence electrons. The van der Waals surface area contributed by atoms with Gasteiger partial charge in [-0.3, -0.25) is 4.79 Å². The van der Waals surface area contributed by atoms with Crippen LogP contribution in [0.2, 0.25) is 10.0 Å². The number of allylic oxidation sites excluding steroid dienone is 1. The summed E-state index contributed by atoms with van der Waals surface area (Å²) in [7, 11) is 0. The Morgan fingerprint density at radius 2 is 2.04 bits per heavy atom. The van der Waals surface area contributed by atoms with E-state index in [1.807, 2.05) is 17.9 Å². The molecular formula is C18H15Cl2NO2S. The fraction of sp³-hybridized carbons (Fsp3) is 0.167. The van der Waals surface area contributed by atoms with Crippen molar-refractivity contribution in [2.75, 3.05) is 11.4 Å². The summed E-state index contributed by atoms with van der Waals surface area (Å²) < 4.78 is 0. The maximum Gasteiger partial charge on any atom is 0.155 e. The van der Waals surface area contributed by atoms with E-state index >= 15 is 0 Å². The molecule has 24 heavy (non-hydrogen) atoms. The van der Waals surface area contributed by atoms with Gasteiger partial charge in [-0.2, -0.15) is 0 Å². The van der Waals surface area contributed by atoms with E-state index in [0.717, 1.165) is 15.6 Å². The Labute approximate surface area is 154 Å². The second-order valence-corrected chi connectivity index (χ2v) is 7.28. The fourth-order valence-corrected chi connectivity index (χ4v) is 4.35. The largest absolute Gasteiger partial charge is 0.507 e. The molecule has 2 aromatic rings. The van der Waals surface area contributed by atoms with Crippen LogP contribution < -0.4 is 4.90 Å². The van der Waals surface area contributed by atoms with Crippen LogP contribution in [0.4, 0.5) is 5.69 Å². The van der Waals surface area contributed by atoms with Crippen LogP contribution in [0, 0.1) is 0 Å². The van der Waals surface area contributed by atoms with Crippen molar-refractivity contribution in [3.05, 3.63) is 51.5 Å². The summed E-state index contributed by atoms with van der Waals surface area (Å²) in [6.07, 6.45) is 1.61. The quantitative estimate of drug-likeness (QED) is 0.691. The highest BCUT2D eigenvalue weighted by molar-refractivity contribution is 8.03.